The Morgan fingerprint density at radius 1 is 1.30 bits per heavy atom. The van der Waals surface area contributed by atoms with Crippen molar-refractivity contribution in [1.29, 1.82) is 0 Å². The van der Waals surface area contributed by atoms with Crippen LogP contribution in [-0.2, 0) is 0 Å². The number of nitrogens with zero attached hydrogens (tertiary/aromatic N) is 2. The van der Waals surface area contributed by atoms with Gasteiger partial charge in [-0.3, -0.25) is 9.89 Å². The number of halogens is 1. The van der Waals surface area contributed by atoms with Gasteiger partial charge in [0, 0.05) is 10.0 Å². The minimum absolute atomic E-state index is 0.126. The van der Waals surface area contributed by atoms with E-state index in [1.165, 1.54) is 0 Å². The molecule has 0 aliphatic heterocycles. The molecular weight excluding hydrogens is 320 g/mol. The Morgan fingerprint density at radius 3 is 2.45 bits per heavy atom. The van der Waals surface area contributed by atoms with Crippen molar-refractivity contribution in [2.24, 2.45) is 5.92 Å². The number of hydrogen-bond donors (Lipinski definition) is 2. The molecule has 106 valence electrons. The lowest BCUT2D eigenvalue weighted by atomic mass is 10.0. The van der Waals surface area contributed by atoms with E-state index >= 15 is 0 Å². The van der Waals surface area contributed by atoms with Crippen LogP contribution in [0.4, 0.5) is 0 Å². The first kappa shape index (κ1) is 14.7. The predicted molar refractivity (Wildman–Crippen MR) is 80.3 cm³/mol. The molecule has 1 aromatic carbocycles. The van der Waals surface area contributed by atoms with Crippen LogP contribution >= 0.6 is 15.9 Å². The van der Waals surface area contributed by atoms with Gasteiger partial charge in [0.1, 0.15) is 5.82 Å². The largest absolute Gasteiger partial charge is 0.342 e. The minimum Gasteiger partial charge on any atom is -0.342 e. The molecule has 0 unspecified atom stereocenters. The lowest BCUT2D eigenvalue weighted by molar-refractivity contribution is 0.0923. The van der Waals surface area contributed by atoms with Crippen molar-refractivity contribution in [3.05, 3.63) is 46.0 Å². The van der Waals surface area contributed by atoms with Gasteiger partial charge in [-0.1, -0.05) is 29.8 Å². The van der Waals surface area contributed by atoms with Gasteiger partial charge in [-0.25, -0.2) is 4.98 Å². The Balaban J connectivity index is 2.16. The van der Waals surface area contributed by atoms with Crippen LogP contribution < -0.4 is 5.32 Å². The number of aromatic nitrogens is 3. The third-order valence-corrected chi connectivity index (χ3v) is 3.48. The number of aryl methyl sites for hydroxylation is 1. The Morgan fingerprint density at radius 2 is 1.95 bits per heavy atom. The molecule has 0 aliphatic carbocycles. The quantitative estimate of drug-likeness (QED) is 0.901. The fourth-order valence-electron chi connectivity index (χ4n) is 1.85. The molecule has 1 heterocycles. The van der Waals surface area contributed by atoms with Gasteiger partial charge in [-0.15, -0.1) is 0 Å². The van der Waals surface area contributed by atoms with E-state index in [4.69, 9.17) is 0 Å². The maximum Gasteiger partial charge on any atom is 0.251 e. The van der Waals surface area contributed by atoms with E-state index in [0.717, 1.165) is 10.3 Å². The normalized spacial score (nSPS) is 12.4. The highest BCUT2D eigenvalue weighted by Gasteiger charge is 2.22. The third kappa shape index (κ3) is 3.45. The van der Waals surface area contributed by atoms with Crippen molar-refractivity contribution < 1.29 is 4.79 Å². The molecule has 1 aromatic heterocycles. The second-order valence-electron chi connectivity index (χ2n) is 4.98. The standard InChI is InChI=1S/C14H17BrN4O/c1-8(2)12(13-16-9(3)18-19-13)17-14(20)10-4-6-11(15)7-5-10/h4-8,12H,1-3H3,(H,17,20)(H,16,18,19)/t12-/m0/s1. The molecule has 0 bridgehead atoms. The molecule has 0 spiro atoms. The second-order valence-corrected chi connectivity index (χ2v) is 5.90. The van der Waals surface area contributed by atoms with Gasteiger partial charge in [0.15, 0.2) is 5.82 Å². The molecule has 0 saturated heterocycles. The summed E-state index contributed by atoms with van der Waals surface area (Å²) in [7, 11) is 0. The first-order valence-corrected chi connectivity index (χ1v) is 7.22. The summed E-state index contributed by atoms with van der Waals surface area (Å²) in [5.74, 6) is 1.43. The fourth-order valence-corrected chi connectivity index (χ4v) is 2.12. The van der Waals surface area contributed by atoms with Crippen molar-refractivity contribution in [1.82, 2.24) is 20.5 Å². The number of carbonyl (C=O) groups excluding carboxylic acids is 1. The number of hydrogen-bond acceptors (Lipinski definition) is 3. The van der Waals surface area contributed by atoms with Gasteiger partial charge in [0.25, 0.3) is 5.91 Å². The van der Waals surface area contributed by atoms with Gasteiger partial charge in [0.05, 0.1) is 6.04 Å². The van der Waals surface area contributed by atoms with Crippen LogP contribution in [0.2, 0.25) is 0 Å². The summed E-state index contributed by atoms with van der Waals surface area (Å²) in [6.07, 6.45) is 0. The van der Waals surface area contributed by atoms with Crippen LogP contribution in [-0.4, -0.2) is 21.1 Å². The van der Waals surface area contributed by atoms with E-state index in [1.54, 1.807) is 12.1 Å². The summed E-state index contributed by atoms with van der Waals surface area (Å²) >= 11 is 3.35. The Bertz CT molecular complexity index is 591. The van der Waals surface area contributed by atoms with Crippen LogP contribution in [0.1, 0.15) is 41.9 Å². The molecule has 20 heavy (non-hydrogen) atoms. The van der Waals surface area contributed by atoms with Crippen molar-refractivity contribution in [2.75, 3.05) is 0 Å². The zero-order chi connectivity index (χ0) is 14.7. The number of H-pyrrole nitrogens is 1. The van der Waals surface area contributed by atoms with Crippen LogP contribution in [0.25, 0.3) is 0 Å². The number of benzene rings is 1. The summed E-state index contributed by atoms with van der Waals surface area (Å²) in [4.78, 5) is 16.6. The molecule has 0 aliphatic rings. The molecule has 0 fully saturated rings. The maximum absolute atomic E-state index is 12.3. The smallest absolute Gasteiger partial charge is 0.251 e. The summed E-state index contributed by atoms with van der Waals surface area (Å²) in [6, 6.07) is 7.03. The predicted octanol–water partition coefficient (Wildman–Crippen LogP) is 3.00. The molecular formula is C14H17BrN4O. The Kier molecular flexibility index (Phi) is 4.54. The first-order chi connectivity index (χ1) is 9.47. The van der Waals surface area contributed by atoms with E-state index < -0.39 is 0 Å². The first-order valence-electron chi connectivity index (χ1n) is 6.42. The summed E-state index contributed by atoms with van der Waals surface area (Å²) < 4.78 is 0.944. The van der Waals surface area contributed by atoms with Gasteiger partial charge in [-0.2, -0.15) is 5.10 Å². The van der Waals surface area contributed by atoms with Crippen LogP contribution in [0.15, 0.2) is 28.7 Å². The molecule has 1 amide bonds. The van der Waals surface area contributed by atoms with Crippen molar-refractivity contribution in [3.8, 4) is 0 Å². The second kappa shape index (κ2) is 6.17. The van der Waals surface area contributed by atoms with E-state index in [2.05, 4.69) is 36.4 Å². The Labute approximate surface area is 126 Å². The van der Waals surface area contributed by atoms with Crippen molar-refractivity contribution in [2.45, 2.75) is 26.8 Å². The van der Waals surface area contributed by atoms with E-state index in [-0.39, 0.29) is 17.9 Å². The highest BCUT2D eigenvalue weighted by atomic mass is 79.9. The zero-order valence-corrected chi connectivity index (χ0v) is 13.2. The molecule has 2 rings (SSSR count). The number of nitrogens with one attached hydrogen (secondary N) is 2. The molecule has 2 aromatic rings. The highest BCUT2D eigenvalue weighted by molar-refractivity contribution is 9.10. The minimum atomic E-state index is -0.212. The average molecular weight is 337 g/mol. The van der Waals surface area contributed by atoms with Crippen LogP contribution in [0, 0.1) is 12.8 Å². The van der Waals surface area contributed by atoms with Crippen LogP contribution in [0.3, 0.4) is 0 Å². The molecule has 6 heteroatoms. The lowest BCUT2D eigenvalue weighted by Gasteiger charge is -2.19. The summed E-state index contributed by atoms with van der Waals surface area (Å²) in [5, 5.41) is 9.93. The average Bonchev–Trinajstić information content (AvgIpc) is 2.82. The molecule has 0 saturated carbocycles. The monoisotopic (exact) mass is 336 g/mol. The summed E-state index contributed by atoms with van der Waals surface area (Å²) in [5.41, 5.74) is 0.617. The molecule has 5 nitrogen and oxygen atoms in total. The number of aromatic amines is 1. The number of rotatable bonds is 4. The van der Waals surface area contributed by atoms with Gasteiger partial charge in [0.2, 0.25) is 0 Å². The third-order valence-electron chi connectivity index (χ3n) is 2.95. The van der Waals surface area contributed by atoms with E-state index in [1.807, 2.05) is 32.9 Å². The zero-order valence-electron chi connectivity index (χ0n) is 11.6. The highest BCUT2D eigenvalue weighted by Crippen LogP contribution is 2.19. The Hall–Kier alpha value is -1.69. The van der Waals surface area contributed by atoms with Gasteiger partial charge in [-0.05, 0) is 37.1 Å². The molecule has 2 N–H and O–H groups in total. The summed E-state index contributed by atoms with van der Waals surface area (Å²) in [6.45, 7) is 5.89. The van der Waals surface area contributed by atoms with Gasteiger partial charge < -0.3 is 5.32 Å². The topological polar surface area (TPSA) is 70.7 Å². The van der Waals surface area contributed by atoms with E-state index in [0.29, 0.717) is 11.4 Å². The molecule has 0 radical (unpaired) electrons. The SMILES string of the molecule is Cc1nc([C@@H](NC(=O)c2ccc(Br)cc2)C(C)C)n[nH]1. The maximum atomic E-state index is 12.3. The van der Waals surface area contributed by atoms with Crippen molar-refractivity contribution >= 4 is 21.8 Å². The fraction of sp³-hybridized carbons (Fsp3) is 0.357. The van der Waals surface area contributed by atoms with Gasteiger partial charge >= 0.3 is 0 Å². The lowest BCUT2D eigenvalue weighted by Crippen LogP contribution is -2.32. The number of carbonyl (C=O) groups is 1. The molecule has 1 atom stereocenters. The number of amides is 1. The van der Waals surface area contributed by atoms with Crippen molar-refractivity contribution in [3.63, 3.8) is 0 Å². The van der Waals surface area contributed by atoms with E-state index in [9.17, 15) is 4.79 Å². The van der Waals surface area contributed by atoms with Crippen LogP contribution in [0.5, 0.6) is 0 Å².